The number of benzene rings is 1. The molecule has 5 heteroatoms. The fraction of sp³-hybridized carbons (Fsp3) is 0.500. The highest BCUT2D eigenvalue weighted by Gasteiger charge is 2.27. The summed E-state index contributed by atoms with van der Waals surface area (Å²) in [7, 11) is 1.81. The summed E-state index contributed by atoms with van der Waals surface area (Å²) in [5.74, 6) is 2.65. The van der Waals surface area contributed by atoms with E-state index in [0.717, 1.165) is 25.1 Å². The third-order valence-electron chi connectivity index (χ3n) is 5.07. The zero-order chi connectivity index (χ0) is 15.8. The van der Waals surface area contributed by atoms with Gasteiger partial charge in [0.1, 0.15) is 0 Å². The Morgan fingerprint density at radius 2 is 2.26 bits per heavy atom. The van der Waals surface area contributed by atoms with Gasteiger partial charge in [0, 0.05) is 41.1 Å². The molecule has 1 fully saturated rings. The Kier molecular flexibility index (Phi) is 4.07. The first kappa shape index (κ1) is 15.1. The number of ether oxygens (including phenoxy) is 1. The molecule has 0 bridgehead atoms. The molecule has 4 rings (SSSR count). The van der Waals surface area contributed by atoms with Crippen LogP contribution in [0.2, 0.25) is 0 Å². The molecule has 23 heavy (non-hydrogen) atoms. The number of methoxy groups -OCH3 is 1. The molecule has 2 unspecified atom stereocenters. The maximum Gasteiger partial charge on any atom is 0.152 e. The molecule has 0 radical (unpaired) electrons. The van der Waals surface area contributed by atoms with E-state index >= 15 is 0 Å². The van der Waals surface area contributed by atoms with Crippen LogP contribution in [-0.4, -0.2) is 29.2 Å². The first-order valence-electron chi connectivity index (χ1n) is 8.35. The van der Waals surface area contributed by atoms with Gasteiger partial charge in [0.15, 0.2) is 5.82 Å². The molecule has 2 aromatic rings. The van der Waals surface area contributed by atoms with E-state index in [2.05, 4.69) is 40.6 Å². The number of anilines is 2. The van der Waals surface area contributed by atoms with Gasteiger partial charge in [0.05, 0.1) is 6.10 Å². The van der Waals surface area contributed by atoms with Crippen molar-refractivity contribution in [1.29, 1.82) is 0 Å². The fourth-order valence-electron chi connectivity index (χ4n) is 3.75. The van der Waals surface area contributed by atoms with Crippen LogP contribution in [-0.2, 0) is 11.2 Å². The first-order chi connectivity index (χ1) is 11.2. The number of hydrogen-bond donors (Lipinski definition) is 2. The van der Waals surface area contributed by atoms with Crippen molar-refractivity contribution < 1.29 is 4.74 Å². The van der Waals surface area contributed by atoms with Crippen molar-refractivity contribution in [3.05, 3.63) is 35.0 Å². The Labute approximate surface area is 141 Å². The first-order valence-corrected chi connectivity index (χ1v) is 9.33. The molecular weight excluding hydrogens is 306 g/mol. The highest BCUT2D eigenvalue weighted by atomic mass is 32.2. The van der Waals surface area contributed by atoms with Crippen molar-refractivity contribution >= 4 is 23.3 Å². The third-order valence-corrected chi connectivity index (χ3v) is 6.34. The number of thioether (sulfide) groups is 1. The number of H-pyrrole nitrogens is 1. The van der Waals surface area contributed by atoms with Crippen molar-refractivity contribution in [3.8, 4) is 0 Å². The van der Waals surface area contributed by atoms with E-state index < -0.39 is 0 Å². The van der Waals surface area contributed by atoms with Crippen molar-refractivity contribution in [1.82, 2.24) is 10.2 Å². The average Bonchev–Trinajstić information content (AvgIpc) is 3.29. The Balaban J connectivity index is 1.52. The van der Waals surface area contributed by atoms with Crippen LogP contribution in [0.5, 0.6) is 0 Å². The molecule has 2 atom stereocenters. The van der Waals surface area contributed by atoms with Crippen LogP contribution in [0.25, 0.3) is 0 Å². The van der Waals surface area contributed by atoms with Crippen molar-refractivity contribution in [2.45, 2.75) is 49.5 Å². The zero-order valence-corrected chi connectivity index (χ0v) is 14.5. The molecule has 1 aliphatic carbocycles. The van der Waals surface area contributed by atoms with Gasteiger partial charge in [-0.1, -0.05) is 6.07 Å². The van der Waals surface area contributed by atoms with Crippen LogP contribution < -0.4 is 5.32 Å². The van der Waals surface area contributed by atoms with Crippen molar-refractivity contribution in [3.63, 3.8) is 0 Å². The molecule has 2 N–H and O–H groups in total. The summed E-state index contributed by atoms with van der Waals surface area (Å²) in [6.45, 7) is 2.19. The summed E-state index contributed by atoms with van der Waals surface area (Å²) in [6, 6.07) is 6.55. The van der Waals surface area contributed by atoms with E-state index in [1.54, 1.807) is 0 Å². The molecule has 4 nitrogen and oxygen atoms in total. The number of nitrogens with one attached hydrogen (secondary N) is 2. The monoisotopic (exact) mass is 329 g/mol. The summed E-state index contributed by atoms with van der Waals surface area (Å²) >= 11 is 1.97. The van der Waals surface area contributed by atoms with Crippen LogP contribution in [0.1, 0.15) is 42.0 Å². The summed E-state index contributed by atoms with van der Waals surface area (Å²) in [6.07, 6.45) is 4.95. The molecule has 1 aromatic carbocycles. The third kappa shape index (κ3) is 2.88. The predicted molar refractivity (Wildman–Crippen MR) is 94.9 cm³/mol. The molecule has 122 valence electrons. The smallest absolute Gasteiger partial charge is 0.152 e. The lowest BCUT2D eigenvalue weighted by atomic mass is 10.0. The van der Waals surface area contributed by atoms with Crippen LogP contribution in [0.4, 0.5) is 11.5 Å². The Bertz CT molecular complexity index is 712. The summed E-state index contributed by atoms with van der Waals surface area (Å²) in [5, 5.41) is 11.2. The minimum Gasteiger partial charge on any atom is -0.381 e. The second-order valence-electron chi connectivity index (χ2n) is 6.54. The molecule has 1 saturated carbocycles. The van der Waals surface area contributed by atoms with E-state index in [1.165, 1.54) is 39.6 Å². The minimum absolute atomic E-state index is 0.400. The topological polar surface area (TPSA) is 49.9 Å². The van der Waals surface area contributed by atoms with Gasteiger partial charge < -0.3 is 10.1 Å². The number of aryl methyl sites for hydroxylation is 1. The highest BCUT2D eigenvalue weighted by molar-refractivity contribution is 7.99. The lowest BCUT2D eigenvalue weighted by Crippen LogP contribution is -2.04. The number of fused-ring (bicyclic) bond motifs is 1. The zero-order valence-electron chi connectivity index (χ0n) is 13.7. The van der Waals surface area contributed by atoms with E-state index in [-0.39, 0.29) is 0 Å². The minimum atomic E-state index is 0.400. The van der Waals surface area contributed by atoms with Gasteiger partial charge in [-0.05, 0) is 49.8 Å². The Morgan fingerprint density at radius 1 is 1.35 bits per heavy atom. The number of nitrogens with zero attached hydrogens (tertiary/aromatic N) is 1. The summed E-state index contributed by atoms with van der Waals surface area (Å²) in [4.78, 5) is 1.45. The fourth-order valence-corrected chi connectivity index (χ4v) is 4.94. The standard InChI is InChI=1S/C18H23N3OS/c1-11-3-6-15(14-7-8-23-18(11)14)19-17-10-16(20-21-17)12-4-5-13(9-12)22-2/h3,6,10,12-13H,4-5,7-9H2,1-2H3,(H2,19,20,21). The van der Waals surface area contributed by atoms with Gasteiger partial charge in [0.2, 0.25) is 0 Å². The van der Waals surface area contributed by atoms with Gasteiger partial charge >= 0.3 is 0 Å². The maximum absolute atomic E-state index is 5.47. The van der Waals surface area contributed by atoms with Crippen LogP contribution in [0.15, 0.2) is 23.1 Å². The Hall–Kier alpha value is -1.46. The van der Waals surface area contributed by atoms with E-state index in [1.807, 2.05) is 18.9 Å². The van der Waals surface area contributed by atoms with Gasteiger partial charge in [0.25, 0.3) is 0 Å². The molecule has 1 aliphatic heterocycles. The van der Waals surface area contributed by atoms with Gasteiger partial charge in [-0.15, -0.1) is 11.8 Å². The van der Waals surface area contributed by atoms with Gasteiger partial charge in [-0.3, -0.25) is 5.10 Å². The lowest BCUT2D eigenvalue weighted by Gasteiger charge is -2.10. The molecule has 1 aromatic heterocycles. The lowest BCUT2D eigenvalue weighted by molar-refractivity contribution is 0.108. The molecular formula is C18H23N3OS. The van der Waals surface area contributed by atoms with E-state index in [4.69, 9.17) is 4.74 Å². The van der Waals surface area contributed by atoms with Crippen molar-refractivity contribution in [2.75, 3.05) is 18.2 Å². The predicted octanol–water partition coefficient (Wildman–Crippen LogP) is 4.39. The average molecular weight is 329 g/mol. The van der Waals surface area contributed by atoms with E-state index in [0.29, 0.717) is 12.0 Å². The highest BCUT2D eigenvalue weighted by Crippen LogP contribution is 2.40. The number of aromatic nitrogens is 2. The molecule has 0 saturated heterocycles. The maximum atomic E-state index is 5.47. The molecule has 2 aliphatic rings. The largest absolute Gasteiger partial charge is 0.381 e. The SMILES string of the molecule is COC1CCC(c2cc(Nc3ccc(C)c4c3CCS4)n[nH]2)C1. The van der Waals surface area contributed by atoms with Crippen molar-refractivity contribution in [2.24, 2.45) is 0 Å². The van der Waals surface area contributed by atoms with Crippen LogP contribution in [0.3, 0.4) is 0 Å². The summed E-state index contributed by atoms with van der Waals surface area (Å²) in [5.41, 5.74) is 5.26. The molecule has 0 amide bonds. The normalized spacial score (nSPS) is 23.2. The van der Waals surface area contributed by atoms with Crippen LogP contribution in [0, 0.1) is 6.92 Å². The number of hydrogen-bond acceptors (Lipinski definition) is 4. The second-order valence-corrected chi connectivity index (χ2v) is 7.64. The van der Waals surface area contributed by atoms with Gasteiger partial charge in [-0.25, -0.2) is 0 Å². The van der Waals surface area contributed by atoms with E-state index in [9.17, 15) is 0 Å². The second kappa shape index (κ2) is 6.21. The summed E-state index contributed by atoms with van der Waals surface area (Å²) < 4.78 is 5.47. The molecule has 0 spiro atoms. The number of rotatable bonds is 4. The quantitative estimate of drug-likeness (QED) is 0.873. The van der Waals surface area contributed by atoms with Crippen LogP contribution >= 0.6 is 11.8 Å². The molecule has 2 heterocycles. The Morgan fingerprint density at radius 3 is 3.09 bits per heavy atom. The van der Waals surface area contributed by atoms with Gasteiger partial charge in [-0.2, -0.15) is 5.10 Å². The number of aromatic amines is 1.